The number of benzene rings is 2. The summed E-state index contributed by atoms with van der Waals surface area (Å²) in [7, 11) is 1.51. The summed E-state index contributed by atoms with van der Waals surface area (Å²) in [6.45, 7) is 5.32. The minimum Gasteiger partial charge on any atom is -0.497 e. The number of amides is 4. The molecule has 0 unspecified atom stereocenters. The fraction of sp³-hybridized carbons (Fsp3) is 0.148. The number of hydrogen-bond donors (Lipinski definition) is 1. The van der Waals surface area contributed by atoms with Crippen molar-refractivity contribution < 1.29 is 19.1 Å². The summed E-state index contributed by atoms with van der Waals surface area (Å²) >= 11 is 0. The van der Waals surface area contributed by atoms with Crippen molar-refractivity contribution in [3.63, 3.8) is 0 Å². The Morgan fingerprint density at radius 2 is 1.62 bits per heavy atom. The predicted octanol–water partition coefficient (Wildman–Crippen LogP) is 3.11. The average Bonchev–Trinajstić information content (AvgIpc) is 3.14. The summed E-state index contributed by atoms with van der Waals surface area (Å²) in [5, 5.41) is 2.69. The number of imide groups is 2. The number of aromatic nitrogens is 3. The van der Waals surface area contributed by atoms with E-state index < -0.39 is 17.8 Å². The molecule has 1 N–H and O–H groups in total. The molecule has 4 aromatic rings. The Morgan fingerprint density at radius 1 is 0.919 bits per heavy atom. The molecule has 37 heavy (non-hydrogen) atoms. The Hall–Kier alpha value is -4.99. The third kappa shape index (κ3) is 3.88. The highest BCUT2D eigenvalue weighted by atomic mass is 16.5. The maximum Gasteiger partial charge on any atom is 0.335 e. The number of urea groups is 1. The van der Waals surface area contributed by atoms with Crippen molar-refractivity contribution in [2.75, 3.05) is 12.0 Å². The molecule has 0 saturated carbocycles. The number of carbonyl (C=O) groups is 3. The highest BCUT2D eigenvalue weighted by Crippen LogP contribution is 2.26. The summed E-state index contributed by atoms with van der Waals surface area (Å²) < 4.78 is 8.29. The maximum atomic E-state index is 13.4. The number of methoxy groups -OCH3 is 1. The minimum atomic E-state index is -0.841. The van der Waals surface area contributed by atoms with Crippen molar-refractivity contribution in [1.29, 1.82) is 0 Å². The molecule has 2 aromatic heterocycles. The molecule has 1 saturated heterocycles. The highest BCUT2D eigenvalue weighted by molar-refractivity contribution is 6.39. The first-order chi connectivity index (χ1) is 17.7. The Balaban J connectivity index is 1.60. The molecule has 3 heterocycles. The van der Waals surface area contributed by atoms with E-state index in [-0.39, 0.29) is 16.8 Å². The lowest BCUT2D eigenvalue weighted by Gasteiger charge is -2.26. The molecule has 2 aromatic carbocycles. The zero-order chi connectivity index (χ0) is 26.4. The Labute approximate surface area is 211 Å². The lowest BCUT2D eigenvalue weighted by atomic mass is 10.1. The van der Waals surface area contributed by atoms with Gasteiger partial charge >= 0.3 is 6.03 Å². The number of nitrogens with one attached hydrogen (secondary N) is 1. The van der Waals surface area contributed by atoms with Crippen LogP contribution in [0.25, 0.3) is 17.0 Å². The van der Waals surface area contributed by atoms with Gasteiger partial charge in [-0.25, -0.2) is 14.7 Å². The standard InChI is InChI=1S/C27H23N5O5/c1-15-13-18(16(2)31(15)32-17(3)28-23-8-6-5-7-21(23)26(32)35)14-22-24(33)29-27(36)30(25(22)34)19-9-11-20(37-4)12-10-19/h5-14H,1-4H3,(H,29,33,36). The second-order valence-electron chi connectivity index (χ2n) is 8.59. The summed E-state index contributed by atoms with van der Waals surface area (Å²) in [6, 6.07) is 14.3. The first-order valence-electron chi connectivity index (χ1n) is 11.4. The van der Waals surface area contributed by atoms with Gasteiger partial charge in [0.05, 0.1) is 23.7 Å². The predicted molar refractivity (Wildman–Crippen MR) is 137 cm³/mol. The number of hydrogen-bond acceptors (Lipinski definition) is 6. The van der Waals surface area contributed by atoms with E-state index >= 15 is 0 Å². The molecule has 10 heteroatoms. The van der Waals surface area contributed by atoms with Crippen LogP contribution in [0.3, 0.4) is 0 Å². The molecule has 0 aliphatic carbocycles. The molecule has 1 aliphatic heterocycles. The summed E-state index contributed by atoms with van der Waals surface area (Å²) in [6.07, 6.45) is 1.42. The molecule has 0 bridgehead atoms. The van der Waals surface area contributed by atoms with Gasteiger partial charge in [-0.15, -0.1) is 0 Å². The first kappa shape index (κ1) is 23.7. The number of anilines is 1. The van der Waals surface area contributed by atoms with Crippen molar-refractivity contribution in [2.45, 2.75) is 20.8 Å². The summed E-state index contributed by atoms with van der Waals surface area (Å²) in [4.78, 5) is 57.3. The van der Waals surface area contributed by atoms with Gasteiger partial charge in [0.25, 0.3) is 17.4 Å². The molecule has 0 radical (unpaired) electrons. The summed E-state index contributed by atoms with van der Waals surface area (Å²) in [5.41, 5.74) is 2.28. The largest absolute Gasteiger partial charge is 0.497 e. The van der Waals surface area contributed by atoms with Crippen LogP contribution in [0.15, 0.2) is 65.0 Å². The van der Waals surface area contributed by atoms with Crippen LogP contribution in [0.4, 0.5) is 10.5 Å². The van der Waals surface area contributed by atoms with Crippen LogP contribution in [-0.4, -0.2) is 39.3 Å². The molecule has 1 aliphatic rings. The molecule has 10 nitrogen and oxygen atoms in total. The van der Waals surface area contributed by atoms with Gasteiger partial charge in [0.1, 0.15) is 17.1 Å². The second kappa shape index (κ2) is 8.90. The number of ether oxygens (including phenoxy) is 1. The first-order valence-corrected chi connectivity index (χ1v) is 11.4. The molecule has 0 atom stereocenters. The number of para-hydroxylation sites is 1. The van der Waals surface area contributed by atoms with Gasteiger partial charge in [-0.1, -0.05) is 12.1 Å². The number of fused-ring (bicyclic) bond motifs is 1. The fourth-order valence-electron chi connectivity index (χ4n) is 4.48. The van der Waals surface area contributed by atoms with Gasteiger partial charge in [0.15, 0.2) is 0 Å². The zero-order valence-electron chi connectivity index (χ0n) is 20.6. The minimum absolute atomic E-state index is 0.212. The van der Waals surface area contributed by atoms with Crippen LogP contribution in [0.2, 0.25) is 0 Å². The van der Waals surface area contributed by atoms with Crippen molar-refractivity contribution in [1.82, 2.24) is 19.7 Å². The van der Waals surface area contributed by atoms with Crippen LogP contribution < -0.4 is 20.5 Å². The van der Waals surface area contributed by atoms with Crippen LogP contribution >= 0.6 is 0 Å². The smallest absolute Gasteiger partial charge is 0.335 e. The Bertz CT molecular complexity index is 1690. The lowest BCUT2D eigenvalue weighted by molar-refractivity contribution is -0.122. The van der Waals surface area contributed by atoms with Crippen LogP contribution in [0, 0.1) is 20.8 Å². The Morgan fingerprint density at radius 3 is 2.32 bits per heavy atom. The maximum absolute atomic E-state index is 13.4. The van der Waals surface area contributed by atoms with Gasteiger partial charge < -0.3 is 4.74 Å². The number of rotatable bonds is 4. The second-order valence-corrected chi connectivity index (χ2v) is 8.59. The van der Waals surface area contributed by atoms with E-state index in [0.29, 0.717) is 39.4 Å². The average molecular weight is 498 g/mol. The monoisotopic (exact) mass is 497 g/mol. The van der Waals surface area contributed by atoms with Gasteiger partial charge in [-0.05, 0) is 74.9 Å². The molecule has 4 amide bonds. The Kier molecular flexibility index (Phi) is 5.71. The molecule has 0 spiro atoms. The molecule has 186 valence electrons. The lowest BCUT2D eigenvalue weighted by Crippen LogP contribution is -2.54. The van der Waals surface area contributed by atoms with Crippen molar-refractivity contribution in [3.8, 4) is 5.75 Å². The number of nitrogens with zero attached hydrogens (tertiary/aromatic N) is 4. The van der Waals surface area contributed by atoms with Crippen molar-refractivity contribution >= 4 is 40.5 Å². The van der Waals surface area contributed by atoms with Crippen LogP contribution in [-0.2, 0) is 9.59 Å². The number of aryl methyl sites for hydroxylation is 2. The highest BCUT2D eigenvalue weighted by Gasteiger charge is 2.37. The van der Waals surface area contributed by atoms with Crippen molar-refractivity contribution in [3.05, 3.63) is 93.3 Å². The van der Waals surface area contributed by atoms with E-state index in [1.807, 2.05) is 13.0 Å². The topological polar surface area (TPSA) is 116 Å². The van der Waals surface area contributed by atoms with Gasteiger partial charge in [0.2, 0.25) is 0 Å². The van der Waals surface area contributed by atoms with Crippen molar-refractivity contribution in [2.24, 2.45) is 0 Å². The van der Waals surface area contributed by atoms with E-state index in [0.717, 1.165) is 4.90 Å². The van der Waals surface area contributed by atoms with E-state index in [1.54, 1.807) is 67.1 Å². The summed E-state index contributed by atoms with van der Waals surface area (Å²) in [5.74, 6) is -0.524. The van der Waals surface area contributed by atoms with Gasteiger partial charge in [-0.3, -0.25) is 24.4 Å². The molecular weight excluding hydrogens is 474 g/mol. The van der Waals surface area contributed by atoms with E-state index in [2.05, 4.69) is 10.3 Å². The fourth-order valence-corrected chi connectivity index (χ4v) is 4.48. The molecular formula is C27H23N5O5. The third-order valence-corrected chi connectivity index (χ3v) is 6.28. The number of barbiturate groups is 1. The quantitative estimate of drug-likeness (QED) is 0.342. The van der Waals surface area contributed by atoms with E-state index in [4.69, 9.17) is 4.74 Å². The van der Waals surface area contributed by atoms with Crippen LogP contribution in [0.5, 0.6) is 5.75 Å². The normalized spacial score (nSPS) is 15.0. The third-order valence-electron chi connectivity index (χ3n) is 6.28. The van der Waals surface area contributed by atoms with Gasteiger partial charge in [-0.2, -0.15) is 4.68 Å². The van der Waals surface area contributed by atoms with E-state index in [1.165, 1.54) is 17.9 Å². The van der Waals surface area contributed by atoms with Gasteiger partial charge in [0, 0.05) is 11.4 Å². The molecule has 1 fully saturated rings. The van der Waals surface area contributed by atoms with E-state index in [9.17, 15) is 19.2 Å². The number of carbonyl (C=O) groups excluding carboxylic acids is 3. The SMILES string of the molecule is COc1ccc(N2C(=O)NC(=O)C(=Cc3cc(C)n(-n4c(C)nc5ccccc5c4=O)c3C)C2=O)cc1. The van der Waals surface area contributed by atoms with Crippen LogP contribution in [0.1, 0.15) is 22.8 Å². The zero-order valence-corrected chi connectivity index (χ0v) is 20.6. The molecule has 5 rings (SSSR count).